The number of nitrogens with zero attached hydrogens (tertiary/aromatic N) is 2. The van der Waals surface area contributed by atoms with Crippen molar-refractivity contribution in [1.82, 2.24) is 9.62 Å². The number of rotatable bonds is 6. The molecule has 4 saturated carbocycles. The Morgan fingerprint density at radius 3 is 2.51 bits per heavy atom. The number of carbonyl (C=O) groups is 2. The number of primary amides is 1. The van der Waals surface area contributed by atoms with Crippen molar-refractivity contribution >= 4 is 55.2 Å². The molecule has 6 rings (SSSR count). The van der Waals surface area contributed by atoms with Crippen LogP contribution in [0.3, 0.4) is 0 Å². The molecule has 1 aromatic carbocycles. The van der Waals surface area contributed by atoms with Crippen molar-refractivity contribution in [3.63, 3.8) is 0 Å². The van der Waals surface area contributed by atoms with Gasteiger partial charge in [-0.15, -0.1) is 0 Å². The van der Waals surface area contributed by atoms with Gasteiger partial charge in [-0.2, -0.15) is 12.7 Å². The molecule has 8 nitrogen and oxygen atoms in total. The summed E-state index contributed by atoms with van der Waals surface area (Å²) in [6.07, 6.45) is 5.73. The van der Waals surface area contributed by atoms with Crippen molar-refractivity contribution < 1.29 is 22.4 Å². The number of nitrogens with two attached hydrogens (primary N) is 1. The zero-order valence-corrected chi connectivity index (χ0v) is 22.3. The second-order valence-corrected chi connectivity index (χ2v) is 13.8. The molecule has 1 saturated heterocycles. The quantitative estimate of drug-likeness (QED) is 0.529. The van der Waals surface area contributed by atoms with Crippen LogP contribution in [0.2, 0.25) is 5.02 Å². The van der Waals surface area contributed by atoms with E-state index in [1.54, 1.807) is 0 Å². The highest BCUT2D eigenvalue weighted by atomic mass is 79.9. The van der Waals surface area contributed by atoms with Crippen LogP contribution in [0.25, 0.3) is 0 Å². The Bertz CT molecular complexity index is 1130. The van der Waals surface area contributed by atoms with Gasteiger partial charge in [-0.25, -0.2) is 4.39 Å². The van der Waals surface area contributed by atoms with Crippen molar-refractivity contribution in [3.8, 4) is 0 Å². The van der Waals surface area contributed by atoms with E-state index < -0.39 is 16.0 Å². The highest BCUT2D eigenvalue weighted by Crippen LogP contribution is 2.61. The first-order valence-corrected chi connectivity index (χ1v) is 14.5. The summed E-state index contributed by atoms with van der Waals surface area (Å²) in [5, 5.41) is 3.11. The Hall–Kier alpha value is -1.43. The fourth-order valence-corrected chi connectivity index (χ4v) is 10.3. The number of carbonyl (C=O) groups excluding carboxylic acids is 2. The summed E-state index contributed by atoms with van der Waals surface area (Å²) in [7, 11) is -4.04. The molecule has 1 heterocycles. The largest absolute Gasteiger partial charge is 0.370 e. The van der Waals surface area contributed by atoms with Gasteiger partial charge in [0.2, 0.25) is 11.8 Å². The van der Waals surface area contributed by atoms with E-state index in [1.807, 2.05) is 0 Å². The smallest absolute Gasteiger partial charge is 0.304 e. The van der Waals surface area contributed by atoms with Gasteiger partial charge in [-0.1, -0.05) is 11.6 Å². The van der Waals surface area contributed by atoms with Gasteiger partial charge < -0.3 is 11.1 Å². The van der Waals surface area contributed by atoms with Gasteiger partial charge in [0.25, 0.3) is 0 Å². The van der Waals surface area contributed by atoms with Crippen LogP contribution >= 0.6 is 27.5 Å². The lowest BCUT2D eigenvalue weighted by Crippen LogP contribution is -2.61. The average Bonchev–Trinajstić information content (AvgIpc) is 2.71. The Morgan fingerprint density at radius 2 is 1.89 bits per heavy atom. The fourth-order valence-electron chi connectivity index (χ4n) is 7.33. The molecule has 4 aliphatic carbocycles. The van der Waals surface area contributed by atoms with Gasteiger partial charge >= 0.3 is 10.2 Å². The number of halogens is 3. The minimum absolute atomic E-state index is 0.00987. The number of amides is 2. The Balaban J connectivity index is 1.28. The molecule has 3 N–H and O–H groups in total. The third-order valence-corrected chi connectivity index (χ3v) is 11.0. The molecule has 5 aliphatic rings. The maximum absolute atomic E-state index is 13.7. The monoisotopic (exact) mass is 590 g/mol. The second kappa shape index (κ2) is 9.15. The predicted octanol–water partition coefficient (Wildman–Crippen LogP) is 3.19. The third kappa shape index (κ3) is 4.69. The van der Waals surface area contributed by atoms with Crippen molar-refractivity contribution in [2.45, 2.75) is 51.0 Å². The first kappa shape index (κ1) is 25.2. The Labute approximate surface area is 218 Å². The van der Waals surface area contributed by atoms with Crippen LogP contribution in [0.4, 0.5) is 10.1 Å². The molecular formula is C23H29BrClFN4O4S. The van der Waals surface area contributed by atoms with Crippen LogP contribution in [0.1, 0.15) is 44.9 Å². The van der Waals surface area contributed by atoms with E-state index >= 15 is 0 Å². The molecule has 2 atom stereocenters. The number of anilines is 1. The molecule has 12 heteroatoms. The van der Waals surface area contributed by atoms with Crippen LogP contribution in [-0.4, -0.2) is 50.2 Å². The summed E-state index contributed by atoms with van der Waals surface area (Å²) in [5.74, 6) is -0.0399. The molecule has 35 heavy (non-hydrogen) atoms. The van der Waals surface area contributed by atoms with Crippen molar-refractivity contribution in [2.24, 2.45) is 28.9 Å². The van der Waals surface area contributed by atoms with Crippen molar-refractivity contribution in [2.75, 3.05) is 23.9 Å². The van der Waals surface area contributed by atoms with Gasteiger partial charge in [-0.3, -0.25) is 13.9 Å². The molecule has 2 amide bonds. The van der Waals surface area contributed by atoms with Crippen LogP contribution < -0.4 is 15.4 Å². The second-order valence-electron chi connectivity index (χ2n) is 10.7. The van der Waals surface area contributed by atoms with Gasteiger partial charge in [0, 0.05) is 30.0 Å². The summed E-state index contributed by atoms with van der Waals surface area (Å²) >= 11 is 9.41. The molecule has 0 radical (unpaired) electrons. The lowest BCUT2D eigenvalue weighted by atomic mass is 9.47. The number of hydrogen-bond acceptors (Lipinski definition) is 4. The highest BCUT2D eigenvalue weighted by Gasteiger charge is 2.56. The molecular weight excluding hydrogens is 563 g/mol. The normalized spacial score (nSPS) is 33.6. The minimum atomic E-state index is -4.04. The number of hydrogen-bond donors (Lipinski definition) is 2. The molecule has 1 aliphatic heterocycles. The maximum Gasteiger partial charge on any atom is 0.304 e. The Morgan fingerprint density at radius 1 is 1.20 bits per heavy atom. The number of nitrogens with one attached hydrogen (secondary N) is 1. The first-order chi connectivity index (χ1) is 16.5. The minimum Gasteiger partial charge on any atom is -0.370 e. The first-order valence-electron chi connectivity index (χ1n) is 12.0. The fraction of sp³-hybridized carbons (Fsp3) is 0.652. The predicted molar refractivity (Wildman–Crippen MR) is 133 cm³/mol. The molecule has 0 spiro atoms. The standard InChI is InChI=1S/C23H29BrClFN4O4S/c24-17-6-16(26)7-18(25)22(17)30-3-1-2-29(35(30,33)34)12-20(32)28-21-14-4-13-5-15(21)10-23(8-13,9-14)11-19(27)31/h6-7,13-15,21H,1-5,8-12H2,(H2,27,31)(H,28,32). The van der Waals surface area contributed by atoms with E-state index in [0.717, 1.165) is 46.8 Å². The Kier molecular flexibility index (Phi) is 6.59. The van der Waals surface area contributed by atoms with Gasteiger partial charge in [0.15, 0.2) is 0 Å². The van der Waals surface area contributed by atoms with E-state index in [2.05, 4.69) is 21.2 Å². The van der Waals surface area contributed by atoms with Crippen LogP contribution in [-0.2, 0) is 19.8 Å². The summed E-state index contributed by atoms with van der Waals surface area (Å²) in [5.41, 5.74) is 5.66. The van der Waals surface area contributed by atoms with E-state index in [0.29, 0.717) is 18.8 Å². The van der Waals surface area contributed by atoms with E-state index in [9.17, 15) is 22.4 Å². The molecule has 192 valence electrons. The van der Waals surface area contributed by atoms with Crippen molar-refractivity contribution in [3.05, 3.63) is 27.4 Å². The summed E-state index contributed by atoms with van der Waals surface area (Å²) in [4.78, 5) is 24.7. The average molecular weight is 592 g/mol. The van der Waals surface area contributed by atoms with Crippen LogP contribution in [0.15, 0.2) is 16.6 Å². The van der Waals surface area contributed by atoms with E-state index in [1.165, 1.54) is 6.07 Å². The summed E-state index contributed by atoms with van der Waals surface area (Å²) in [6.45, 7) is 0.103. The topological polar surface area (TPSA) is 113 Å². The van der Waals surface area contributed by atoms with Crippen LogP contribution in [0.5, 0.6) is 0 Å². The molecule has 0 aromatic heterocycles. The molecule has 1 aromatic rings. The SMILES string of the molecule is NC(=O)CC12CC3CC(C1)C(NC(=O)CN1CCCN(c4c(Cl)cc(F)cc4Br)S1(=O)=O)C(C3)C2. The number of benzene rings is 1. The molecule has 2 unspecified atom stereocenters. The molecule has 4 bridgehead atoms. The third-order valence-electron chi connectivity index (χ3n) is 8.20. The summed E-state index contributed by atoms with van der Waals surface area (Å²) < 4.78 is 42.9. The summed E-state index contributed by atoms with van der Waals surface area (Å²) in [6, 6.07) is 2.23. The highest BCUT2D eigenvalue weighted by molar-refractivity contribution is 9.10. The zero-order chi connectivity index (χ0) is 25.1. The van der Waals surface area contributed by atoms with Crippen molar-refractivity contribution in [1.29, 1.82) is 0 Å². The van der Waals surface area contributed by atoms with E-state index in [4.69, 9.17) is 17.3 Å². The molecule has 5 fully saturated rings. The van der Waals surface area contributed by atoms with Gasteiger partial charge in [0.1, 0.15) is 5.82 Å². The lowest BCUT2D eigenvalue weighted by molar-refractivity contribution is -0.134. The lowest BCUT2D eigenvalue weighted by Gasteiger charge is -2.60. The van der Waals surface area contributed by atoms with Gasteiger partial charge in [0.05, 0.1) is 17.3 Å². The van der Waals surface area contributed by atoms with Crippen LogP contribution in [0, 0.1) is 29.0 Å². The maximum atomic E-state index is 13.7. The van der Waals surface area contributed by atoms with Gasteiger partial charge in [-0.05, 0) is 89.8 Å². The zero-order valence-electron chi connectivity index (χ0n) is 19.2. The van der Waals surface area contributed by atoms with E-state index in [-0.39, 0.29) is 69.9 Å².